The van der Waals surface area contributed by atoms with Crippen molar-refractivity contribution in [1.82, 2.24) is 24.6 Å². The molecular weight excluding hydrogens is 434 g/mol. The Morgan fingerprint density at radius 1 is 1.03 bits per heavy atom. The van der Waals surface area contributed by atoms with E-state index >= 15 is 0 Å². The van der Waals surface area contributed by atoms with Gasteiger partial charge in [0.1, 0.15) is 0 Å². The van der Waals surface area contributed by atoms with Gasteiger partial charge in [0, 0.05) is 31.2 Å². The molecule has 5 rings (SSSR count). The molecule has 2 aromatic heterocycles. The van der Waals surface area contributed by atoms with Gasteiger partial charge in [-0.25, -0.2) is 9.67 Å². The molecule has 2 fully saturated rings. The van der Waals surface area contributed by atoms with E-state index in [0.717, 1.165) is 59.3 Å². The summed E-state index contributed by atoms with van der Waals surface area (Å²) in [5, 5.41) is 5.46. The highest BCUT2D eigenvalue weighted by atomic mass is 16.2. The molecule has 6 heteroatoms. The van der Waals surface area contributed by atoms with Crippen LogP contribution in [0.4, 0.5) is 0 Å². The zero-order valence-corrected chi connectivity index (χ0v) is 21.5. The van der Waals surface area contributed by atoms with E-state index in [0.29, 0.717) is 5.92 Å². The van der Waals surface area contributed by atoms with Crippen LogP contribution in [0.2, 0.25) is 0 Å². The number of likely N-dealkylation sites (tertiary alicyclic amines) is 2. The maximum atomic E-state index is 13.9. The minimum absolute atomic E-state index is 0.115. The highest BCUT2D eigenvalue weighted by molar-refractivity contribution is 6.06. The molecule has 2 aliphatic rings. The Hall–Kier alpha value is -2.73. The van der Waals surface area contributed by atoms with Gasteiger partial charge in [-0.3, -0.25) is 4.79 Å². The first-order chi connectivity index (χ1) is 17.0. The van der Waals surface area contributed by atoms with E-state index in [2.05, 4.69) is 47.8 Å². The van der Waals surface area contributed by atoms with E-state index in [9.17, 15) is 4.79 Å². The Morgan fingerprint density at radius 3 is 2.43 bits per heavy atom. The van der Waals surface area contributed by atoms with Crippen LogP contribution in [0.3, 0.4) is 0 Å². The van der Waals surface area contributed by atoms with Crippen molar-refractivity contribution in [1.29, 1.82) is 0 Å². The lowest BCUT2D eigenvalue weighted by Gasteiger charge is -2.35. The van der Waals surface area contributed by atoms with Crippen molar-refractivity contribution in [2.45, 2.75) is 65.3 Å². The van der Waals surface area contributed by atoms with Crippen LogP contribution in [0.15, 0.2) is 36.5 Å². The molecule has 1 aromatic carbocycles. The van der Waals surface area contributed by atoms with Crippen LogP contribution in [0.1, 0.15) is 74.3 Å². The van der Waals surface area contributed by atoms with Crippen molar-refractivity contribution in [3.63, 3.8) is 0 Å². The van der Waals surface area contributed by atoms with Gasteiger partial charge in [-0.2, -0.15) is 5.10 Å². The molecule has 0 saturated carbocycles. The number of pyridine rings is 1. The number of nitrogens with zero attached hydrogens (tertiary/aromatic N) is 5. The summed E-state index contributed by atoms with van der Waals surface area (Å²) >= 11 is 0. The second-order valence-electron chi connectivity index (χ2n) is 10.7. The van der Waals surface area contributed by atoms with Crippen LogP contribution in [-0.4, -0.2) is 63.2 Å². The third-order valence-electron chi connectivity index (χ3n) is 7.82. The lowest BCUT2D eigenvalue weighted by atomic mass is 9.95. The number of hydrogen-bond donors (Lipinski definition) is 0. The number of rotatable bonds is 5. The fraction of sp³-hybridized carbons (Fsp3) is 0.552. The average molecular weight is 474 g/mol. The van der Waals surface area contributed by atoms with Crippen molar-refractivity contribution in [3.8, 4) is 11.3 Å². The molecule has 186 valence electrons. The summed E-state index contributed by atoms with van der Waals surface area (Å²) in [5.41, 5.74) is 4.59. The quantitative estimate of drug-likeness (QED) is 0.476. The van der Waals surface area contributed by atoms with Crippen LogP contribution in [0.25, 0.3) is 22.3 Å². The van der Waals surface area contributed by atoms with Crippen molar-refractivity contribution in [3.05, 3.63) is 47.7 Å². The summed E-state index contributed by atoms with van der Waals surface area (Å²) < 4.78 is 1.93. The third kappa shape index (κ3) is 5.13. The molecule has 6 nitrogen and oxygen atoms in total. The molecule has 0 radical (unpaired) electrons. The number of amides is 1. The van der Waals surface area contributed by atoms with E-state index in [1.165, 1.54) is 45.3 Å². The molecule has 0 aliphatic carbocycles. The van der Waals surface area contributed by atoms with Gasteiger partial charge in [-0.15, -0.1) is 0 Å². The second-order valence-corrected chi connectivity index (χ2v) is 10.7. The number of piperidine rings is 1. The van der Waals surface area contributed by atoms with Crippen molar-refractivity contribution >= 4 is 16.9 Å². The van der Waals surface area contributed by atoms with Gasteiger partial charge in [-0.05, 0) is 77.1 Å². The summed E-state index contributed by atoms with van der Waals surface area (Å²) in [6.07, 6.45) is 9.43. The highest BCUT2D eigenvalue weighted by Crippen LogP contribution is 2.30. The minimum Gasteiger partial charge on any atom is -0.339 e. The summed E-state index contributed by atoms with van der Waals surface area (Å²) in [6.45, 7) is 11.7. The maximum absolute atomic E-state index is 13.9. The largest absolute Gasteiger partial charge is 0.339 e. The SMILES string of the molecule is Cc1ccccc1-c1cc(C(=O)N2CCC(CN3CCCCCC3)CC2)c2cnn(C(C)C)c2n1. The molecule has 0 spiro atoms. The molecule has 35 heavy (non-hydrogen) atoms. The maximum Gasteiger partial charge on any atom is 0.254 e. The van der Waals surface area contributed by atoms with Gasteiger partial charge >= 0.3 is 0 Å². The first-order valence-corrected chi connectivity index (χ1v) is 13.5. The number of carbonyl (C=O) groups excluding carboxylic acids is 1. The standard InChI is InChI=1S/C29H39N5O/c1-21(2)34-28-26(19-30-34)25(18-27(31-28)24-11-7-6-10-22(24)3)29(35)33-16-12-23(13-17-33)20-32-14-8-4-5-9-15-32/h6-7,10-11,18-19,21,23H,4-5,8-9,12-17,20H2,1-3H3. The highest BCUT2D eigenvalue weighted by Gasteiger charge is 2.28. The minimum atomic E-state index is 0.115. The zero-order chi connectivity index (χ0) is 24.4. The van der Waals surface area contributed by atoms with Gasteiger partial charge < -0.3 is 9.80 Å². The van der Waals surface area contributed by atoms with Crippen LogP contribution in [-0.2, 0) is 0 Å². The topological polar surface area (TPSA) is 54.3 Å². The summed E-state index contributed by atoms with van der Waals surface area (Å²) in [4.78, 5) is 23.6. The van der Waals surface area contributed by atoms with Crippen molar-refractivity contribution < 1.29 is 4.79 Å². The predicted octanol–water partition coefficient (Wildman–Crippen LogP) is 5.72. The van der Waals surface area contributed by atoms with Gasteiger partial charge in [0.25, 0.3) is 5.91 Å². The van der Waals surface area contributed by atoms with Gasteiger partial charge in [0.15, 0.2) is 5.65 Å². The molecule has 4 heterocycles. The molecule has 0 unspecified atom stereocenters. The second kappa shape index (κ2) is 10.5. The Kier molecular flexibility index (Phi) is 7.19. The van der Waals surface area contributed by atoms with Crippen LogP contribution in [0.5, 0.6) is 0 Å². The summed E-state index contributed by atoms with van der Waals surface area (Å²) in [7, 11) is 0. The van der Waals surface area contributed by atoms with Crippen molar-refractivity contribution in [2.24, 2.45) is 5.92 Å². The van der Waals surface area contributed by atoms with E-state index in [-0.39, 0.29) is 11.9 Å². The summed E-state index contributed by atoms with van der Waals surface area (Å²) in [6, 6.07) is 10.4. The van der Waals surface area contributed by atoms with E-state index in [4.69, 9.17) is 4.98 Å². The Balaban J connectivity index is 1.39. The molecule has 1 amide bonds. The van der Waals surface area contributed by atoms with E-state index in [1.807, 2.05) is 29.1 Å². The summed E-state index contributed by atoms with van der Waals surface area (Å²) in [5.74, 6) is 0.810. The number of aromatic nitrogens is 3. The molecule has 3 aromatic rings. The van der Waals surface area contributed by atoms with E-state index in [1.54, 1.807) is 0 Å². The Morgan fingerprint density at radius 2 is 1.74 bits per heavy atom. The molecule has 0 atom stereocenters. The molecule has 0 bridgehead atoms. The Labute approximate surface area is 209 Å². The van der Waals surface area contributed by atoms with Gasteiger partial charge in [0.2, 0.25) is 0 Å². The zero-order valence-electron chi connectivity index (χ0n) is 21.5. The number of benzene rings is 1. The number of fused-ring (bicyclic) bond motifs is 1. The van der Waals surface area contributed by atoms with Crippen LogP contribution >= 0.6 is 0 Å². The first kappa shape index (κ1) is 24.0. The monoisotopic (exact) mass is 473 g/mol. The number of hydrogen-bond acceptors (Lipinski definition) is 4. The number of carbonyl (C=O) groups is 1. The third-order valence-corrected chi connectivity index (χ3v) is 7.82. The van der Waals surface area contributed by atoms with Crippen molar-refractivity contribution in [2.75, 3.05) is 32.7 Å². The lowest BCUT2D eigenvalue weighted by molar-refractivity contribution is 0.0670. The molecule has 0 N–H and O–H groups in total. The van der Waals surface area contributed by atoms with Gasteiger partial charge in [-0.1, -0.05) is 37.1 Å². The lowest BCUT2D eigenvalue weighted by Crippen LogP contribution is -2.42. The fourth-order valence-corrected chi connectivity index (χ4v) is 5.74. The normalized spacial score (nSPS) is 18.3. The number of aryl methyl sites for hydroxylation is 1. The van der Waals surface area contributed by atoms with Gasteiger partial charge in [0.05, 0.1) is 22.8 Å². The average Bonchev–Trinajstić information content (AvgIpc) is 3.13. The van der Waals surface area contributed by atoms with Crippen LogP contribution in [0, 0.1) is 12.8 Å². The predicted molar refractivity (Wildman–Crippen MR) is 142 cm³/mol. The molecule has 2 saturated heterocycles. The fourth-order valence-electron chi connectivity index (χ4n) is 5.74. The molecule has 2 aliphatic heterocycles. The smallest absolute Gasteiger partial charge is 0.254 e. The molecular formula is C29H39N5O. The first-order valence-electron chi connectivity index (χ1n) is 13.5. The Bertz CT molecular complexity index is 1170. The van der Waals surface area contributed by atoms with Crippen LogP contribution < -0.4 is 0 Å². The van der Waals surface area contributed by atoms with E-state index < -0.39 is 0 Å².